The maximum Gasteiger partial charge on any atom is 0.280 e. The van der Waals surface area contributed by atoms with Gasteiger partial charge in [-0.2, -0.15) is 0 Å². The minimum Gasteiger partial charge on any atom is -0.353 e. The molecule has 8 rings (SSSR count). The number of carbonyl (C=O) groups excluding carboxylic acids is 1. The minimum atomic E-state index is -0.431. The number of H-pyrrole nitrogens is 1. The van der Waals surface area contributed by atoms with Crippen LogP contribution in [0.2, 0.25) is 0 Å². The van der Waals surface area contributed by atoms with Crippen LogP contribution in [0.4, 0.5) is 4.39 Å². The van der Waals surface area contributed by atoms with E-state index in [4.69, 9.17) is 4.98 Å². The van der Waals surface area contributed by atoms with Gasteiger partial charge < -0.3 is 9.88 Å². The number of likely N-dealkylation sites (tertiary alicyclic amines) is 2. The van der Waals surface area contributed by atoms with Gasteiger partial charge in [-0.05, 0) is 117 Å². The summed E-state index contributed by atoms with van der Waals surface area (Å²) in [7, 11) is 0. The van der Waals surface area contributed by atoms with Crippen molar-refractivity contribution in [3.8, 4) is 16.9 Å². The van der Waals surface area contributed by atoms with Gasteiger partial charge in [-0.1, -0.05) is 13.0 Å². The van der Waals surface area contributed by atoms with Crippen LogP contribution in [0.3, 0.4) is 0 Å². The highest BCUT2D eigenvalue weighted by Gasteiger charge is 2.33. The van der Waals surface area contributed by atoms with Crippen LogP contribution in [0.15, 0.2) is 47.4 Å². The zero-order valence-electron chi connectivity index (χ0n) is 25.6. The summed E-state index contributed by atoms with van der Waals surface area (Å²) in [6.45, 7) is 8.01. The maximum absolute atomic E-state index is 14.5. The second-order valence-electron chi connectivity index (χ2n) is 13.8. The third kappa shape index (κ3) is 5.07. The molecule has 0 spiro atoms. The smallest absolute Gasteiger partial charge is 0.280 e. The van der Waals surface area contributed by atoms with E-state index in [1.165, 1.54) is 30.5 Å². The first-order valence-corrected chi connectivity index (χ1v) is 16.4. The number of fused-ring (bicyclic) bond motifs is 1. The Kier molecular flexibility index (Phi) is 6.74. The first kappa shape index (κ1) is 27.7. The van der Waals surface area contributed by atoms with E-state index in [0.29, 0.717) is 46.8 Å². The number of rotatable bonds is 7. The van der Waals surface area contributed by atoms with Crippen LogP contribution in [0.25, 0.3) is 27.8 Å². The second-order valence-corrected chi connectivity index (χ2v) is 13.8. The highest BCUT2D eigenvalue weighted by atomic mass is 19.1. The molecule has 2 saturated heterocycles. The quantitative estimate of drug-likeness (QED) is 0.258. The largest absolute Gasteiger partial charge is 0.353 e. The van der Waals surface area contributed by atoms with E-state index in [9.17, 15) is 14.0 Å². The summed E-state index contributed by atoms with van der Waals surface area (Å²) in [5, 5.41) is 1.03. The first-order valence-electron chi connectivity index (χ1n) is 16.4. The molecule has 4 fully saturated rings. The van der Waals surface area contributed by atoms with Gasteiger partial charge in [0.25, 0.3) is 11.5 Å². The summed E-state index contributed by atoms with van der Waals surface area (Å²) in [5.74, 6) is 1.43. The van der Waals surface area contributed by atoms with Crippen molar-refractivity contribution in [2.45, 2.75) is 83.2 Å². The molecule has 7 nitrogen and oxygen atoms in total. The molecule has 2 saturated carbocycles. The zero-order chi connectivity index (χ0) is 30.1. The summed E-state index contributed by atoms with van der Waals surface area (Å²) in [5.41, 5.74) is 5.55. The van der Waals surface area contributed by atoms with Crippen LogP contribution in [-0.2, 0) is 6.54 Å². The summed E-state index contributed by atoms with van der Waals surface area (Å²) in [4.78, 5) is 40.6. The van der Waals surface area contributed by atoms with Gasteiger partial charge in [0.05, 0.1) is 5.56 Å². The monoisotopic (exact) mass is 593 g/mol. The van der Waals surface area contributed by atoms with Crippen LogP contribution < -0.4 is 5.56 Å². The number of nitrogens with one attached hydrogen (secondary N) is 1. The molecule has 3 aromatic heterocycles. The topological polar surface area (TPSA) is 74.2 Å². The Balaban J connectivity index is 1.24. The van der Waals surface area contributed by atoms with Gasteiger partial charge >= 0.3 is 0 Å². The fraction of sp³-hybridized carbons (Fsp3) is 0.472. The summed E-state index contributed by atoms with van der Waals surface area (Å²) in [6, 6.07) is 10.7. The molecule has 4 aliphatic rings. The van der Waals surface area contributed by atoms with Gasteiger partial charge in [-0.3, -0.25) is 19.1 Å². The molecule has 228 valence electrons. The van der Waals surface area contributed by atoms with Gasteiger partial charge in [0.15, 0.2) is 0 Å². The molecule has 2 atom stereocenters. The van der Waals surface area contributed by atoms with Crippen LogP contribution in [0, 0.1) is 11.7 Å². The number of hydrogen-bond acceptors (Lipinski definition) is 4. The van der Waals surface area contributed by atoms with Crippen LogP contribution in [0.5, 0.6) is 0 Å². The number of halogens is 1. The normalized spacial score (nSPS) is 22.4. The molecule has 0 bridgehead atoms. The lowest BCUT2D eigenvalue weighted by Gasteiger charge is -2.39. The average molecular weight is 594 g/mol. The number of amides is 1. The first-order chi connectivity index (χ1) is 21.3. The number of aromatic nitrogens is 3. The molecule has 1 aromatic carbocycles. The van der Waals surface area contributed by atoms with E-state index in [2.05, 4.69) is 22.9 Å². The fourth-order valence-corrected chi connectivity index (χ4v) is 7.26. The Hall–Kier alpha value is -3.78. The third-order valence-corrected chi connectivity index (χ3v) is 10.2. The number of aromatic amines is 1. The van der Waals surface area contributed by atoms with Gasteiger partial charge in [-0.25, -0.2) is 9.37 Å². The van der Waals surface area contributed by atoms with E-state index >= 15 is 0 Å². The fourth-order valence-electron chi connectivity index (χ4n) is 7.26. The Morgan fingerprint density at radius 3 is 2.52 bits per heavy atom. The molecular weight excluding hydrogens is 553 g/mol. The number of benzene rings is 1. The summed E-state index contributed by atoms with van der Waals surface area (Å²) >= 11 is 0. The zero-order valence-corrected chi connectivity index (χ0v) is 25.6. The minimum absolute atomic E-state index is 0.112. The predicted molar refractivity (Wildman–Crippen MR) is 170 cm³/mol. The summed E-state index contributed by atoms with van der Waals surface area (Å²) < 4.78 is 16.2. The van der Waals surface area contributed by atoms with Crippen molar-refractivity contribution in [3.63, 3.8) is 0 Å². The van der Waals surface area contributed by atoms with Crippen molar-refractivity contribution < 1.29 is 9.18 Å². The molecule has 1 unspecified atom stereocenters. The van der Waals surface area contributed by atoms with Crippen LogP contribution in [0.1, 0.15) is 97.9 Å². The van der Waals surface area contributed by atoms with E-state index in [-0.39, 0.29) is 17.5 Å². The Morgan fingerprint density at radius 1 is 1.00 bits per heavy atom. The lowest BCUT2D eigenvalue weighted by Crippen LogP contribution is -2.49. The van der Waals surface area contributed by atoms with Crippen LogP contribution >= 0.6 is 0 Å². The number of nitrogens with zero attached hydrogens (tertiary/aromatic N) is 4. The maximum atomic E-state index is 14.5. The van der Waals surface area contributed by atoms with E-state index in [1.54, 1.807) is 15.5 Å². The molecule has 2 aliphatic carbocycles. The van der Waals surface area contributed by atoms with Crippen LogP contribution in [-0.4, -0.2) is 55.9 Å². The molecule has 44 heavy (non-hydrogen) atoms. The van der Waals surface area contributed by atoms with Gasteiger partial charge in [-0.15, -0.1) is 0 Å². The SMILES string of the molecule is CC1CCN1C(=O)c1cc(F)ccc1-c1cc(C2CC2)nc(-n2cc(C3CC3)c3cc(CN4CCC[C@H](C)C4)[nH]c3c2=O)c1. The van der Waals surface area contributed by atoms with Crippen molar-refractivity contribution >= 4 is 16.8 Å². The lowest BCUT2D eigenvalue weighted by atomic mass is 9.95. The lowest BCUT2D eigenvalue weighted by molar-refractivity contribution is 0.0502. The molecule has 8 heteroatoms. The second kappa shape index (κ2) is 10.7. The molecule has 4 aromatic rings. The highest BCUT2D eigenvalue weighted by molar-refractivity contribution is 6.01. The van der Waals surface area contributed by atoms with E-state index in [0.717, 1.165) is 74.1 Å². The molecule has 2 aliphatic heterocycles. The molecule has 0 radical (unpaired) electrons. The Morgan fingerprint density at radius 2 is 1.82 bits per heavy atom. The van der Waals surface area contributed by atoms with Crippen molar-refractivity contribution in [1.29, 1.82) is 0 Å². The van der Waals surface area contributed by atoms with Gasteiger partial charge in [0, 0.05) is 54.6 Å². The Labute approximate surface area is 257 Å². The predicted octanol–water partition coefficient (Wildman–Crippen LogP) is 6.74. The number of carbonyl (C=O) groups is 1. The standard InChI is InChI=1S/C36H40FN5O2/c1-21-4-3-12-40(18-21)19-27-17-29-31(23-5-6-23)20-42(36(44)34(29)38-27)33-15-25(14-32(39-33)24-7-8-24)28-10-9-26(37)16-30(28)35(43)41-13-11-22(41)2/h9-10,14-17,20-24,38H,3-8,11-13,18-19H2,1-2H3/t21-,22?/m0/s1. The van der Waals surface area contributed by atoms with Crippen molar-refractivity contribution in [2.24, 2.45) is 5.92 Å². The van der Waals surface area contributed by atoms with Gasteiger partial charge in [0.2, 0.25) is 0 Å². The average Bonchev–Trinajstić information content (AvgIpc) is 3.94. The number of piperidine rings is 1. The number of hydrogen-bond donors (Lipinski definition) is 1. The Bertz CT molecular complexity index is 1830. The molecule has 1 amide bonds. The van der Waals surface area contributed by atoms with E-state index < -0.39 is 5.82 Å². The third-order valence-electron chi connectivity index (χ3n) is 10.2. The summed E-state index contributed by atoms with van der Waals surface area (Å²) in [6.07, 6.45) is 9.78. The molecule has 5 heterocycles. The van der Waals surface area contributed by atoms with Crippen molar-refractivity contribution in [3.05, 3.63) is 81.3 Å². The van der Waals surface area contributed by atoms with Crippen molar-refractivity contribution in [1.82, 2.24) is 24.3 Å². The molecule has 1 N–H and O–H groups in total. The molecular formula is C36H40FN5O2. The van der Waals surface area contributed by atoms with Gasteiger partial charge in [0.1, 0.15) is 17.2 Å². The van der Waals surface area contributed by atoms with E-state index in [1.807, 2.05) is 25.3 Å². The highest BCUT2D eigenvalue weighted by Crippen LogP contribution is 2.44. The number of pyridine rings is 2. The van der Waals surface area contributed by atoms with Crippen molar-refractivity contribution in [2.75, 3.05) is 19.6 Å².